The molecule has 2 rings (SSSR count). The van der Waals surface area contributed by atoms with Crippen molar-refractivity contribution in [3.63, 3.8) is 0 Å². The summed E-state index contributed by atoms with van der Waals surface area (Å²) in [6, 6.07) is 0. The highest BCUT2D eigenvalue weighted by Gasteiger charge is 2.21. The van der Waals surface area contributed by atoms with Gasteiger partial charge in [-0.2, -0.15) is 4.98 Å². The van der Waals surface area contributed by atoms with E-state index in [0.29, 0.717) is 18.4 Å². The summed E-state index contributed by atoms with van der Waals surface area (Å²) in [4.78, 5) is 4.24. The van der Waals surface area contributed by atoms with Crippen molar-refractivity contribution in [1.29, 1.82) is 0 Å². The second kappa shape index (κ2) is 3.85. The third-order valence-corrected chi connectivity index (χ3v) is 2.18. The molecule has 1 unspecified atom stereocenters. The third-order valence-electron chi connectivity index (χ3n) is 2.18. The molecule has 0 bridgehead atoms. The van der Waals surface area contributed by atoms with Crippen molar-refractivity contribution in [2.45, 2.75) is 18.9 Å². The molecule has 1 N–H and O–H groups in total. The third kappa shape index (κ3) is 1.87. The van der Waals surface area contributed by atoms with Gasteiger partial charge < -0.3 is 14.6 Å². The number of aromatic nitrogens is 2. The van der Waals surface area contributed by atoms with Crippen LogP contribution in [0.25, 0.3) is 0 Å². The van der Waals surface area contributed by atoms with Crippen molar-refractivity contribution in [2.24, 2.45) is 0 Å². The molecule has 1 aromatic heterocycles. The van der Waals surface area contributed by atoms with Gasteiger partial charge in [0.2, 0.25) is 0 Å². The van der Waals surface area contributed by atoms with E-state index >= 15 is 0 Å². The van der Waals surface area contributed by atoms with E-state index in [1.807, 2.05) is 0 Å². The molecular formula is C8H13N3O2. The van der Waals surface area contributed by atoms with Crippen LogP contribution in [0.1, 0.15) is 24.1 Å². The average molecular weight is 183 g/mol. The number of hydrogen-bond acceptors (Lipinski definition) is 5. The van der Waals surface area contributed by atoms with Gasteiger partial charge >= 0.3 is 0 Å². The lowest BCUT2D eigenvalue weighted by atomic mass is 10.1. The van der Waals surface area contributed by atoms with Gasteiger partial charge in [-0.25, -0.2) is 0 Å². The quantitative estimate of drug-likeness (QED) is 0.730. The largest absolute Gasteiger partial charge is 0.375 e. The minimum absolute atomic E-state index is 0.396. The molecule has 0 saturated carbocycles. The molecule has 1 fully saturated rings. The first-order chi connectivity index (χ1) is 6.40. The lowest BCUT2D eigenvalue weighted by Crippen LogP contribution is -2.08. The molecule has 0 amide bonds. The Morgan fingerprint density at radius 3 is 3.31 bits per heavy atom. The summed E-state index contributed by atoms with van der Waals surface area (Å²) in [6.07, 6.45) is 1.09. The van der Waals surface area contributed by atoms with Crippen LogP contribution in [0.4, 0.5) is 0 Å². The SMILES string of the molecule is COCc1nc(C2CCNC2)no1. The minimum atomic E-state index is 0.396. The van der Waals surface area contributed by atoms with Gasteiger partial charge in [-0.1, -0.05) is 5.16 Å². The van der Waals surface area contributed by atoms with Crippen LogP contribution in [0.3, 0.4) is 0 Å². The zero-order valence-corrected chi connectivity index (χ0v) is 7.62. The first-order valence-corrected chi connectivity index (χ1v) is 4.42. The molecule has 5 nitrogen and oxygen atoms in total. The molecule has 5 heteroatoms. The maximum Gasteiger partial charge on any atom is 0.252 e. The number of ether oxygens (including phenoxy) is 1. The molecule has 1 aromatic rings. The Morgan fingerprint density at radius 1 is 1.69 bits per heavy atom. The fraction of sp³-hybridized carbons (Fsp3) is 0.750. The predicted molar refractivity (Wildman–Crippen MR) is 45.2 cm³/mol. The Labute approximate surface area is 76.5 Å². The molecule has 2 heterocycles. The van der Waals surface area contributed by atoms with Crippen LogP contribution in [0.2, 0.25) is 0 Å². The first-order valence-electron chi connectivity index (χ1n) is 4.42. The number of nitrogens with one attached hydrogen (secondary N) is 1. The van der Waals surface area contributed by atoms with Crippen LogP contribution < -0.4 is 5.32 Å². The lowest BCUT2D eigenvalue weighted by Gasteiger charge is -1.98. The highest BCUT2D eigenvalue weighted by molar-refractivity contribution is 4.99. The van der Waals surface area contributed by atoms with E-state index in [1.165, 1.54) is 0 Å². The van der Waals surface area contributed by atoms with Gasteiger partial charge in [0.1, 0.15) is 6.61 Å². The van der Waals surface area contributed by atoms with Crippen molar-refractivity contribution in [3.05, 3.63) is 11.7 Å². The van der Waals surface area contributed by atoms with Crippen LogP contribution in [-0.2, 0) is 11.3 Å². The smallest absolute Gasteiger partial charge is 0.252 e. The van der Waals surface area contributed by atoms with Gasteiger partial charge in [0, 0.05) is 19.6 Å². The zero-order chi connectivity index (χ0) is 9.10. The highest BCUT2D eigenvalue weighted by Crippen LogP contribution is 2.18. The summed E-state index contributed by atoms with van der Waals surface area (Å²) in [7, 11) is 1.61. The van der Waals surface area contributed by atoms with Gasteiger partial charge in [0.25, 0.3) is 5.89 Å². The summed E-state index contributed by atoms with van der Waals surface area (Å²) >= 11 is 0. The van der Waals surface area contributed by atoms with E-state index in [-0.39, 0.29) is 0 Å². The van der Waals surface area contributed by atoms with Crippen LogP contribution in [-0.4, -0.2) is 30.3 Å². The summed E-state index contributed by atoms with van der Waals surface area (Å²) in [5.41, 5.74) is 0. The fourth-order valence-corrected chi connectivity index (χ4v) is 1.49. The van der Waals surface area contributed by atoms with Crippen LogP contribution in [0.5, 0.6) is 0 Å². The van der Waals surface area contributed by atoms with Gasteiger partial charge in [-0.3, -0.25) is 0 Å². The molecule has 0 aliphatic carbocycles. The Bertz CT molecular complexity index is 268. The van der Waals surface area contributed by atoms with E-state index < -0.39 is 0 Å². The first kappa shape index (κ1) is 8.65. The number of rotatable bonds is 3. The Hall–Kier alpha value is -0.940. The van der Waals surface area contributed by atoms with Gasteiger partial charge in [-0.05, 0) is 13.0 Å². The van der Waals surface area contributed by atoms with E-state index in [0.717, 1.165) is 25.3 Å². The molecule has 13 heavy (non-hydrogen) atoms. The van der Waals surface area contributed by atoms with E-state index in [1.54, 1.807) is 7.11 Å². The second-order valence-electron chi connectivity index (χ2n) is 3.17. The van der Waals surface area contributed by atoms with Crippen molar-refractivity contribution >= 4 is 0 Å². The van der Waals surface area contributed by atoms with Crippen LogP contribution in [0, 0.1) is 0 Å². The topological polar surface area (TPSA) is 60.2 Å². The van der Waals surface area contributed by atoms with Gasteiger partial charge in [0.05, 0.1) is 0 Å². The maximum atomic E-state index is 5.00. The Kier molecular flexibility index (Phi) is 2.56. The fourth-order valence-electron chi connectivity index (χ4n) is 1.49. The molecule has 1 atom stereocenters. The minimum Gasteiger partial charge on any atom is -0.375 e. The standard InChI is InChI=1S/C8H13N3O2/c1-12-5-7-10-8(11-13-7)6-2-3-9-4-6/h6,9H,2-5H2,1H3. The van der Waals surface area contributed by atoms with Crippen molar-refractivity contribution in [2.75, 3.05) is 20.2 Å². The van der Waals surface area contributed by atoms with Crippen LogP contribution >= 0.6 is 0 Å². The number of hydrogen-bond donors (Lipinski definition) is 1. The predicted octanol–water partition coefficient (Wildman–Crippen LogP) is 0.293. The van der Waals surface area contributed by atoms with Crippen molar-refractivity contribution < 1.29 is 9.26 Å². The Balaban J connectivity index is 2.03. The molecule has 72 valence electrons. The molecular weight excluding hydrogens is 170 g/mol. The molecule has 1 saturated heterocycles. The zero-order valence-electron chi connectivity index (χ0n) is 7.62. The van der Waals surface area contributed by atoms with Crippen LogP contribution in [0.15, 0.2) is 4.52 Å². The molecule has 0 aromatic carbocycles. The summed E-state index contributed by atoms with van der Waals surface area (Å²) < 4.78 is 9.90. The maximum absolute atomic E-state index is 5.00. The van der Waals surface area contributed by atoms with Gasteiger partial charge in [0.15, 0.2) is 5.82 Å². The highest BCUT2D eigenvalue weighted by atomic mass is 16.5. The van der Waals surface area contributed by atoms with E-state index in [2.05, 4.69) is 15.5 Å². The molecule has 0 radical (unpaired) electrons. The summed E-state index contributed by atoms with van der Waals surface area (Å²) in [6.45, 7) is 2.39. The molecule has 1 aliphatic heterocycles. The Morgan fingerprint density at radius 2 is 2.62 bits per heavy atom. The van der Waals surface area contributed by atoms with Gasteiger partial charge in [-0.15, -0.1) is 0 Å². The molecule has 0 spiro atoms. The second-order valence-corrected chi connectivity index (χ2v) is 3.17. The lowest BCUT2D eigenvalue weighted by molar-refractivity contribution is 0.151. The summed E-state index contributed by atoms with van der Waals surface area (Å²) in [5, 5.41) is 7.17. The van der Waals surface area contributed by atoms with E-state index in [4.69, 9.17) is 9.26 Å². The normalized spacial score (nSPS) is 22.4. The van der Waals surface area contributed by atoms with Crippen molar-refractivity contribution in [3.8, 4) is 0 Å². The summed E-state index contributed by atoms with van der Waals surface area (Å²) in [5.74, 6) is 1.77. The molecule has 1 aliphatic rings. The average Bonchev–Trinajstić information content (AvgIpc) is 2.70. The van der Waals surface area contributed by atoms with Crippen molar-refractivity contribution in [1.82, 2.24) is 15.5 Å². The number of methoxy groups -OCH3 is 1. The number of nitrogens with zero attached hydrogens (tertiary/aromatic N) is 2. The monoisotopic (exact) mass is 183 g/mol. The van der Waals surface area contributed by atoms with E-state index in [9.17, 15) is 0 Å².